The van der Waals surface area contributed by atoms with Crippen molar-refractivity contribution in [3.8, 4) is 5.75 Å². The van der Waals surface area contributed by atoms with Crippen LogP contribution >= 0.6 is 0 Å². The SMILES string of the molecule is CC1(C)CC(=O)C(C=Nc2cccc(OCC3CCCO3)c2)=C(O)C1. The second kappa shape index (κ2) is 7.40. The number of aliphatic hydroxyl groups excluding tert-OH is 1. The molecule has 5 nitrogen and oxygen atoms in total. The molecule has 1 aromatic rings. The summed E-state index contributed by atoms with van der Waals surface area (Å²) in [6.07, 6.45) is 4.66. The Morgan fingerprint density at radius 3 is 2.96 bits per heavy atom. The van der Waals surface area contributed by atoms with Crippen LogP contribution in [0.25, 0.3) is 0 Å². The number of ether oxygens (including phenoxy) is 2. The van der Waals surface area contributed by atoms with Gasteiger partial charge >= 0.3 is 0 Å². The van der Waals surface area contributed by atoms with Crippen molar-refractivity contribution in [2.45, 2.75) is 45.6 Å². The fourth-order valence-electron chi connectivity index (χ4n) is 3.21. The second-order valence-electron chi connectivity index (χ2n) is 7.50. The molecule has 1 saturated heterocycles. The average molecular weight is 343 g/mol. The highest BCUT2D eigenvalue weighted by molar-refractivity contribution is 6.14. The van der Waals surface area contributed by atoms with E-state index in [1.54, 1.807) is 0 Å². The molecule has 1 unspecified atom stereocenters. The lowest BCUT2D eigenvalue weighted by Crippen LogP contribution is -2.26. The molecule has 1 atom stereocenters. The predicted molar refractivity (Wildman–Crippen MR) is 96.7 cm³/mol. The standard InChI is InChI=1S/C20H25NO4/c1-20(2)10-18(22)17(19(23)11-20)12-21-14-5-3-6-15(9-14)25-13-16-7-4-8-24-16/h3,5-6,9,12,16,22H,4,7-8,10-11,13H2,1-2H3. The van der Waals surface area contributed by atoms with Gasteiger partial charge in [-0.15, -0.1) is 0 Å². The van der Waals surface area contributed by atoms with Gasteiger partial charge in [0.05, 0.1) is 17.4 Å². The van der Waals surface area contributed by atoms with Crippen LogP contribution in [0.2, 0.25) is 0 Å². The maximum atomic E-state index is 12.2. The van der Waals surface area contributed by atoms with Crippen LogP contribution in [0.5, 0.6) is 5.75 Å². The summed E-state index contributed by atoms with van der Waals surface area (Å²) in [5, 5.41) is 10.1. The van der Waals surface area contributed by atoms with Crippen molar-refractivity contribution in [3.63, 3.8) is 0 Å². The van der Waals surface area contributed by atoms with E-state index in [9.17, 15) is 9.90 Å². The topological polar surface area (TPSA) is 68.1 Å². The number of hydrogen-bond acceptors (Lipinski definition) is 5. The highest BCUT2D eigenvalue weighted by Gasteiger charge is 2.32. The number of aliphatic imine (C=N–C) groups is 1. The molecule has 1 fully saturated rings. The smallest absolute Gasteiger partial charge is 0.168 e. The number of Topliss-reactive ketones (excluding diaryl/α,β-unsaturated/α-hetero) is 1. The van der Waals surface area contributed by atoms with Crippen molar-refractivity contribution in [3.05, 3.63) is 35.6 Å². The van der Waals surface area contributed by atoms with Crippen molar-refractivity contribution < 1.29 is 19.4 Å². The number of ketones is 1. The van der Waals surface area contributed by atoms with Crippen LogP contribution < -0.4 is 4.74 Å². The van der Waals surface area contributed by atoms with Gasteiger partial charge < -0.3 is 14.6 Å². The normalized spacial score (nSPS) is 23.4. The summed E-state index contributed by atoms with van der Waals surface area (Å²) in [5.74, 6) is 0.776. The molecule has 0 radical (unpaired) electrons. The van der Waals surface area contributed by atoms with Crippen LogP contribution in [0.4, 0.5) is 5.69 Å². The van der Waals surface area contributed by atoms with Gasteiger partial charge in [-0.2, -0.15) is 0 Å². The molecule has 1 N–H and O–H groups in total. The minimum Gasteiger partial charge on any atom is -0.511 e. The lowest BCUT2D eigenvalue weighted by molar-refractivity contribution is -0.117. The molecule has 2 aliphatic rings. The molecule has 25 heavy (non-hydrogen) atoms. The molecule has 134 valence electrons. The lowest BCUT2D eigenvalue weighted by atomic mass is 9.77. The molecule has 1 aromatic carbocycles. The summed E-state index contributed by atoms with van der Waals surface area (Å²) in [6, 6.07) is 7.39. The Hall–Kier alpha value is -2.14. The van der Waals surface area contributed by atoms with E-state index in [1.807, 2.05) is 38.1 Å². The maximum absolute atomic E-state index is 12.2. The number of hydrogen-bond donors (Lipinski definition) is 1. The third-order valence-corrected chi connectivity index (χ3v) is 4.52. The number of carbonyl (C=O) groups excluding carboxylic acids is 1. The van der Waals surface area contributed by atoms with Gasteiger partial charge in [0.1, 0.15) is 18.1 Å². The molecular formula is C20H25NO4. The first kappa shape index (κ1) is 17.7. The Morgan fingerprint density at radius 2 is 2.24 bits per heavy atom. The molecule has 0 bridgehead atoms. The summed E-state index contributed by atoms with van der Waals surface area (Å²) in [6.45, 7) is 5.29. The third-order valence-electron chi connectivity index (χ3n) is 4.52. The summed E-state index contributed by atoms with van der Waals surface area (Å²) in [4.78, 5) is 16.6. The van der Waals surface area contributed by atoms with Gasteiger partial charge in [0.2, 0.25) is 0 Å². The van der Waals surface area contributed by atoms with Crippen molar-refractivity contribution >= 4 is 17.7 Å². The molecule has 5 heteroatoms. The first-order valence-corrected chi connectivity index (χ1v) is 8.77. The quantitative estimate of drug-likeness (QED) is 0.816. The molecule has 1 aliphatic heterocycles. The Kier molecular flexibility index (Phi) is 5.23. The first-order valence-electron chi connectivity index (χ1n) is 8.77. The van der Waals surface area contributed by atoms with E-state index >= 15 is 0 Å². The van der Waals surface area contributed by atoms with Gasteiger partial charge in [-0.25, -0.2) is 0 Å². The van der Waals surface area contributed by atoms with E-state index in [0.717, 1.165) is 25.2 Å². The van der Waals surface area contributed by atoms with Crippen LogP contribution in [0.15, 0.2) is 40.6 Å². The minimum absolute atomic E-state index is 0.0664. The fourth-order valence-corrected chi connectivity index (χ4v) is 3.21. The van der Waals surface area contributed by atoms with Gasteiger partial charge in [0.15, 0.2) is 5.78 Å². The van der Waals surface area contributed by atoms with Crippen LogP contribution in [0.3, 0.4) is 0 Å². The molecule has 1 heterocycles. The van der Waals surface area contributed by atoms with E-state index in [0.29, 0.717) is 30.7 Å². The van der Waals surface area contributed by atoms with Crippen LogP contribution in [-0.4, -0.2) is 36.4 Å². The summed E-state index contributed by atoms with van der Waals surface area (Å²) in [5.41, 5.74) is 0.793. The van der Waals surface area contributed by atoms with Crippen molar-refractivity contribution in [1.82, 2.24) is 0 Å². The van der Waals surface area contributed by atoms with E-state index in [4.69, 9.17) is 9.47 Å². The summed E-state index contributed by atoms with van der Waals surface area (Å²) < 4.78 is 11.3. The van der Waals surface area contributed by atoms with Crippen LogP contribution in [0.1, 0.15) is 39.5 Å². The van der Waals surface area contributed by atoms with Gasteiger partial charge in [0, 0.05) is 31.7 Å². The zero-order chi connectivity index (χ0) is 17.9. The predicted octanol–water partition coefficient (Wildman–Crippen LogP) is 4.15. The number of aliphatic hydroxyl groups is 1. The molecule has 0 aromatic heterocycles. The van der Waals surface area contributed by atoms with E-state index in [-0.39, 0.29) is 23.1 Å². The van der Waals surface area contributed by atoms with Crippen molar-refractivity contribution in [1.29, 1.82) is 0 Å². The van der Waals surface area contributed by atoms with Crippen molar-refractivity contribution in [2.24, 2.45) is 10.4 Å². The Morgan fingerprint density at radius 1 is 1.40 bits per heavy atom. The van der Waals surface area contributed by atoms with E-state index in [1.165, 1.54) is 6.21 Å². The largest absolute Gasteiger partial charge is 0.511 e. The van der Waals surface area contributed by atoms with Crippen molar-refractivity contribution in [2.75, 3.05) is 13.2 Å². The maximum Gasteiger partial charge on any atom is 0.168 e. The lowest BCUT2D eigenvalue weighted by Gasteiger charge is -2.28. The molecular weight excluding hydrogens is 318 g/mol. The zero-order valence-corrected chi connectivity index (χ0v) is 14.8. The second-order valence-corrected chi connectivity index (χ2v) is 7.50. The Balaban J connectivity index is 1.67. The number of allylic oxidation sites excluding steroid dienone is 2. The highest BCUT2D eigenvalue weighted by atomic mass is 16.5. The monoisotopic (exact) mass is 343 g/mol. The molecule has 0 saturated carbocycles. The fraction of sp³-hybridized carbons (Fsp3) is 0.500. The molecule has 1 aliphatic carbocycles. The first-order chi connectivity index (χ1) is 11.9. The number of carbonyl (C=O) groups is 1. The Labute approximate surface area is 148 Å². The van der Waals surface area contributed by atoms with Gasteiger partial charge in [-0.1, -0.05) is 19.9 Å². The summed E-state index contributed by atoms with van der Waals surface area (Å²) in [7, 11) is 0. The third kappa shape index (κ3) is 4.69. The van der Waals surface area contributed by atoms with Crippen LogP contribution in [-0.2, 0) is 9.53 Å². The molecule has 0 amide bonds. The zero-order valence-electron chi connectivity index (χ0n) is 14.8. The Bertz CT molecular complexity index is 699. The summed E-state index contributed by atoms with van der Waals surface area (Å²) >= 11 is 0. The van der Waals surface area contributed by atoms with E-state index < -0.39 is 0 Å². The highest BCUT2D eigenvalue weighted by Crippen LogP contribution is 2.35. The van der Waals surface area contributed by atoms with E-state index in [2.05, 4.69) is 4.99 Å². The van der Waals surface area contributed by atoms with Gasteiger partial charge in [-0.05, 0) is 30.4 Å². The average Bonchev–Trinajstić information content (AvgIpc) is 3.05. The van der Waals surface area contributed by atoms with Crippen LogP contribution in [0, 0.1) is 5.41 Å². The number of rotatable bonds is 5. The van der Waals surface area contributed by atoms with Gasteiger partial charge in [0.25, 0.3) is 0 Å². The van der Waals surface area contributed by atoms with Gasteiger partial charge in [-0.3, -0.25) is 9.79 Å². The molecule has 3 rings (SSSR count). The molecule has 0 spiro atoms. The number of benzene rings is 1. The minimum atomic E-state index is -0.200. The number of nitrogens with zero attached hydrogens (tertiary/aromatic N) is 1.